The van der Waals surface area contributed by atoms with Gasteiger partial charge < -0.3 is 14.2 Å². The molecule has 0 N–H and O–H groups in total. The summed E-state index contributed by atoms with van der Waals surface area (Å²) in [6.07, 6.45) is 72.2. The van der Waals surface area contributed by atoms with Crippen LogP contribution in [-0.4, -0.2) is 37.2 Å². The molecule has 0 amide bonds. The van der Waals surface area contributed by atoms with E-state index in [9.17, 15) is 14.4 Å². The van der Waals surface area contributed by atoms with Crippen molar-refractivity contribution in [2.24, 2.45) is 0 Å². The second kappa shape index (κ2) is 56.4. The lowest BCUT2D eigenvalue weighted by molar-refractivity contribution is -0.167. The van der Waals surface area contributed by atoms with Gasteiger partial charge in [-0.3, -0.25) is 14.4 Å². The maximum absolute atomic E-state index is 12.8. The van der Waals surface area contributed by atoms with E-state index in [0.29, 0.717) is 19.3 Å². The number of rotatable bonds is 52. The maximum Gasteiger partial charge on any atom is 0.306 e. The molecular formula is C62H108O6. The van der Waals surface area contributed by atoms with Gasteiger partial charge in [0.05, 0.1) is 0 Å². The van der Waals surface area contributed by atoms with Crippen LogP contribution < -0.4 is 0 Å². The molecule has 0 aliphatic heterocycles. The van der Waals surface area contributed by atoms with Gasteiger partial charge in [0.1, 0.15) is 13.2 Å². The molecule has 0 heterocycles. The van der Waals surface area contributed by atoms with Gasteiger partial charge in [-0.2, -0.15) is 0 Å². The summed E-state index contributed by atoms with van der Waals surface area (Å²) in [6, 6.07) is 0. The first kappa shape index (κ1) is 64.8. The Bertz CT molecular complexity index is 1270. The molecule has 0 saturated heterocycles. The SMILES string of the molecule is CC/C=C\C/C=C\C/C=C\C/C=C\C/C=C\C/C=C\CCCCCCCCCCC(=O)OCC(COC(=O)CCCCCCC)OC(=O)CCCCCCCCCCCCCCCCCCCC. The van der Waals surface area contributed by atoms with Crippen molar-refractivity contribution in [1.29, 1.82) is 0 Å². The Labute approximate surface area is 421 Å². The van der Waals surface area contributed by atoms with Crippen LogP contribution in [0.15, 0.2) is 72.9 Å². The first-order valence-electron chi connectivity index (χ1n) is 28.9. The fraction of sp³-hybridized carbons (Fsp3) is 0.758. The van der Waals surface area contributed by atoms with E-state index in [0.717, 1.165) is 109 Å². The summed E-state index contributed by atoms with van der Waals surface area (Å²) in [6.45, 7) is 6.46. The number of ether oxygens (including phenoxy) is 3. The van der Waals surface area contributed by atoms with E-state index in [1.807, 2.05) is 0 Å². The highest BCUT2D eigenvalue weighted by atomic mass is 16.6. The monoisotopic (exact) mass is 949 g/mol. The summed E-state index contributed by atoms with van der Waals surface area (Å²) in [7, 11) is 0. The smallest absolute Gasteiger partial charge is 0.306 e. The van der Waals surface area contributed by atoms with E-state index in [2.05, 4.69) is 93.7 Å². The number of esters is 3. The molecule has 0 radical (unpaired) electrons. The van der Waals surface area contributed by atoms with E-state index in [-0.39, 0.29) is 31.1 Å². The quantitative estimate of drug-likeness (QED) is 0.0262. The van der Waals surface area contributed by atoms with Gasteiger partial charge in [-0.05, 0) is 70.6 Å². The molecule has 0 aliphatic rings. The third-order valence-corrected chi connectivity index (χ3v) is 12.5. The zero-order valence-corrected chi connectivity index (χ0v) is 44.9. The minimum Gasteiger partial charge on any atom is -0.462 e. The second-order valence-electron chi connectivity index (χ2n) is 19.2. The van der Waals surface area contributed by atoms with Crippen LogP contribution in [0.2, 0.25) is 0 Å². The van der Waals surface area contributed by atoms with Crippen LogP contribution in [0, 0.1) is 0 Å². The van der Waals surface area contributed by atoms with Crippen molar-refractivity contribution >= 4 is 17.9 Å². The summed E-state index contributed by atoms with van der Waals surface area (Å²) >= 11 is 0. The van der Waals surface area contributed by atoms with Gasteiger partial charge in [-0.25, -0.2) is 0 Å². The van der Waals surface area contributed by atoms with Crippen LogP contribution in [0.4, 0.5) is 0 Å². The Kier molecular flexibility index (Phi) is 53.8. The first-order chi connectivity index (χ1) is 33.5. The summed E-state index contributed by atoms with van der Waals surface area (Å²) in [4.78, 5) is 37.8. The fourth-order valence-corrected chi connectivity index (χ4v) is 8.15. The predicted molar refractivity (Wildman–Crippen MR) is 293 cm³/mol. The zero-order valence-electron chi connectivity index (χ0n) is 44.9. The lowest BCUT2D eigenvalue weighted by Crippen LogP contribution is -2.30. The Hall–Kier alpha value is -3.15. The van der Waals surface area contributed by atoms with Crippen molar-refractivity contribution in [1.82, 2.24) is 0 Å². The number of carbonyl (C=O) groups is 3. The molecule has 392 valence electrons. The Morgan fingerprint density at radius 3 is 0.897 bits per heavy atom. The molecule has 0 aromatic heterocycles. The number of unbranched alkanes of at least 4 members (excludes halogenated alkanes) is 29. The van der Waals surface area contributed by atoms with Gasteiger partial charge in [0.2, 0.25) is 0 Å². The van der Waals surface area contributed by atoms with E-state index in [1.165, 1.54) is 135 Å². The van der Waals surface area contributed by atoms with Crippen molar-refractivity contribution in [3.8, 4) is 0 Å². The topological polar surface area (TPSA) is 78.9 Å². The Morgan fingerprint density at radius 1 is 0.309 bits per heavy atom. The van der Waals surface area contributed by atoms with Gasteiger partial charge in [-0.15, -0.1) is 0 Å². The van der Waals surface area contributed by atoms with Crippen molar-refractivity contribution in [2.75, 3.05) is 13.2 Å². The highest BCUT2D eigenvalue weighted by Gasteiger charge is 2.19. The van der Waals surface area contributed by atoms with E-state index >= 15 is 0 Å². The van der Waals surface area contributed by atoms with Gasteiger partial charge in [0.15, 0.2) is 6.10 Å². The van der Waals surface area contributed by atoms with Crippen LogP contribution in [0.5, 0.6) is 0 Å². The molecule has 0 aliphatic carbocycles. The van der Waals surface area contributed by atoms with E-state index in [4.69, 9.17) is 14.2 Å². The fourth-order valence-electron chi connectivity index (χ4n) is 8.15. The molecule has 0 fully saturated rings. The van der Waals surface area contributed by atoms with Crippen LogP contribution in [0.25, 0.3) is 0 Å². The lowest BCUT2D eigenvalue weighted by Gasteiger charge is -2.18. The molecule has 0 aromatic rings. The molecular weight excluding hydrogens is 841 g/mol. The predicted octanol–water partition coefficient (Wildman–Crippen LogP) is 19.4. The summed E-state index contributed by atoms with van der Waals surface area (Å²) in [5.74, 6) is -0.889. The summed E-state index contributed by atoms with van der Waals surface area (Å²) in [5.41, 5.74) is 0. The van der Waals surface area contributed by atoms with Crippen LogP contribution >= 0.6 is 0 Å². The molecule has 6 heteroatoms. The van der Waals surface area contributed by atoms with Crippen molar-refractivity contribution in [2.45, 2.75) is 290 Å². The Morgan fingerprint density at radius 2 is 0.574 bits per heavy atom. The molecule has 0 saturated carbocycles. The minimum atomic E-state index is -0.773. The van der Waals surface area contributed by atoms with Gasteiger partial charge >= 0.3 is 17.9 Å². The van der Waals surface area contributed by atoms with Gasteiger partial charge in [0, 0.05) is 19.3 Å². The number of allylic oxidation sites excluding steroid dienone is 12. The highest BCUT2D eigenvalue weighted by Crippen LogP contribution is 2.16. The lowest BCUT2D eigenvalue weighted by atomic mass is 10.0. The van der Waals surface area contributed by atoms with Gasteiger partial charge in [0.25, 0.3) is 0 Å². The van der Waals surface area contributed by atoms with Gasteiger partial charge in [-0.1, -0.05) is 267 Å². The van der Waals surface area contributed by atoms with Crippen molar-refractivity contribution < 1.29 is 28.6 Å². The number of hydrogen-bond donors (Lipinski definition) is 0. The third kappa shape index (κ3) is 53.8. The average molecular weight is 950 g/mol. The molecule has 0 bridgehead atoms. The van der Waals surface area contributed by atoms with Crippen molar-refractivity contribution in [3.63, 3.8) is 0 Å². The van der Waals surface area contributed by atoms with E-state index < -0.39 is 6.10 Å². The minimum absolute atomic E-state index is 0.0761. The molecule has 0 spiro atoms. The van der Waals surface area contributed by atoms with Crippen LogP contribution in [0.3, 0.4) is 0 Å². The molecule has 0 aromatic carbocycles. The molecule has 1 unspecified atom stereocenters. The summed E-state index contributed by atoms with van der Waals surface area (Å²) in [5, 5.41) is 0. The number of carbonyl (C=O) groups excluding carboxylic acids is 3. The zero-order chi connectivity index (χ0) is 49.3. The Balaban J connectivity index is 4.09. The number of hydrogen-bond acceptors (Lipinski definition) is 6. The van der Waals surface area contributed by atoms with Crippen LogP contribution in [0.1, 0.15) is 284 Å². The maximum atomic E-state index is 12.8. The van der Waals surface area contributed by atoms with Crippen molar-refractivity contribution in [3.05, 3.63) is 72.9 Å². The molecule has 0 rings (SSSR count). The summed E-state index contributed by atoms with van der Waals surface area (Å²) < 4.78 is 16.7. The first-order valence-corrected chi connectivity index (χ1v) is 28.9. The normalized spacial score (nSPS) is 12.6. The molecule has 1 atom stereocenters. The second-order valence-corrected chi connectivity index (χ2v) is 19.2. The largest absolute Gasteiger partial charge is 0.462 e. The highest BCUT2D eigenvalue weighted by molar-refractivity contribution is 5.71. The third-order valence-electron chi connectivity index (χ3n) is 12.5. The molecule has 68 heavy (non-hydrogen) atoms. The average Bonchev–Trinajstić information content (AvgIpc) is 3.34. The molecule has 6 nitrogen and oxygen atoms in total. The standard InChI is InChI=1S/C62H108O6/c1-4-7-10-13-15-17-19-21-23-25-27-28-29-30-31-32-33-34-35-37-38-40-42-44-46-49-52-55-61(64)67-58-59(57-66-60(63)54-51-48-12-9-6-3)68-62(65)56-53-50-47-45-43-41-39-36-26-24-22-20-18-16-14-11-8-5-2/h7,10,15,17,21,23,27-28,30-31,33-34,59H,4-6,8-9,11-14,16,18-20,22,24-26,29,32,35-58H2,1-3H3/b10-7-,17-15-,23-21-,28-27-,31-30-,34-33-. The van der Waals surface area contributed by atoms with Crippen LogP contribution in [-0.2, 0) is 28.6 Å². The van der Waals surface area contributed by atoms with E-state index in [1.54, 1.807) is 0 Å².